The number of hydrogen-bond acceptors (Lipinski definition) is 2. The summed E-state index contributed by atoms with van der Waals surface area (Å²) in [4.78, 5) is 13.6. The fourth-order valence-electron chi connectivity index (χ4n) is 2.65. The summed E-state index contributed by atoms with van der Waals surface area (Å²) in [5.41, 5.74) is 3.32. The van der Waals surface area contributed by atoms with Crippen molar-refractivity contribution in [2.45, 2.75) is 25.4 Å². The number of fused-ring (bicyclic) bond motifs is 1. The summed E-state index contributed by atoms with van der Waals surface area (Å²) in [6.07, 6.45) is 2.42. The molecule has 1 fully saturated rings. The molecule has 1 atom stereocenters. The summed E-state index contributed by atoms with van der Waals surface area (Å²) in [6, 6.07) is 6.79. The zero-order chi connectivity index (χ0) is 11.1. The van der Waals surface area contributed by atoms with Gasteiger partial charge in [-0.15, -0.1) is 0 Å². The molecule has 2 aliphatic heterocycles. The number of hydrogen-bond donors (Lipinski definition) is 1. The van der Waals surface area contributed by atoms with Crippen LogP contribution in [0.1, 0.15) is 40.4 Å². The summed E-state index contributed by atoms with van der Waals surface area (Å²) in [5, 5.41) is 3.47. The molecule has 3 rings (SSSR count). The van der Waals surface area contributed by atoms with E-state index in [2.05, 4.69) is 23.5 Å². The number of carbonyl (C=O) groups excluding carboxylic acids is 1. The lowest BCUT2D eigenvalue weighted by Crippen LogP contribution is -2.18. The van der Waals surface area contributed by atoms with E-state index >= 15 is 0 Å². The van der Waals surface area contributed by atoms with Gasteiger partial charge in [-0.1, -0.05) is 12.1 Å². The van der Waals surface area contributed by atoms with E-state index in [-0.39, 0.29) is 5.91 Å². The van der Waals surface area contributed by atoms with Crippen molar-refractivity contribution in [3.8, 4) is 0 Å². The molecule has 1 N–H and O–H groups in total. The van der Waals surface area contributed by atoms with E-state index in [1.807, 2.05) is 7.05 Å². The molecule has 2 heterocycles. The van der Waals surface area contributed by atoms with Crippen molar-refractivity contribution in [3.63, 3.8) is 0 Å². The predicted molar refractivity (Wildman–Crippen MR) is 62.2 cm³/mol. The average Bonchev–Trinajstić information content (AvgIpc) is 2.89. The average molecular weight is 216 g/mol. The van der Waals surface area contributed by atoms with Crippen molar-refractivity contribution in [1.82, 2.24) is 10.2 Å². The van der Waals surface area contributed by atoms with Crippen molar-refractivity contribution in [1.29, 1.82) is 0 Å². The molecule has 0 aliphatic carbocycles. The minimum absolute atomic E-state index is 0.162. The van der Waals surface area contributed by atoms with Gasteiger partial charge in [0.2, 0.25) is 0 Å². The molecule has 1 aromatic carbocycles. The van der Waals surface area contributed by atoms with Crippen LogP contribution in [0, 0.1) is 0 Å². The monoisotopic (exact) mass is 216 g/mol. The number of nitrogens with one attached hydrogen (secondary N) is 1. The van der Waals surface area contributed by atoms with Gasteiger partial charge in [0.15, 0.2) is 0 Å². The Hall–Kier alpha value is -1.35. The van der Waals surface area contributed by atoms with Crippen LogP contribution in [0.3, 0.4) is 0 Å². The van der Waals surface area contributed by atoms with Gasteiger partial charge in [-0.2, -0.15) is 0 Å². The van der Waals surface area contributed by atoms with Gasteiger partial charge in [0.05, 0.1) is 0 Å². The largest absolute Gasteiger partial charge is 0.337 e. The number of carbonyl (C=O) groups is 1. The lowest BCUT2D eigenvalue weighted by atomic mass is 10.00. The molecule has 2 aliphatic rings. The first kappa shape index (κ1) is 9.85. The Morgan fingerprint density at radius 3 is 3.06 bits per heavy atom. The van der Waals surface area contributed by atoms with E-state index < -0.39 is 0 Å². The molecular weight excluding hydrogens is 200 g/mol. The van der Waals surface area contributed by atoms with Crippen LogP contribution in [0.5, 0.6) is 0 Å². The molecule has 0 bridgehead atoms. The van der Waals surface area contributed by atoms with E-state index in [1.54, 1.807) is 4.90 Å². The Balaban J connectivity index is 1.96. The van der Waals surface area contributed by atoms with Crippen LogP contribution in [0.25, 0.3) is 0 Å². The lowest BCUT2D eigenvalue weighted by Gasteiger charge is -2.11. The first-order chi connectivity index (χ1) is 7.75. The zero-order valence-electron chi connectivity index (χ0n) is 9.49. The van der Waals surface area contributed by atoms with Gasteiger partial charge in [-0.3, -0.25) is 4.79 Å². The highest BCUT2D eigenvalue weighted by molar-refractivity contribution is 5.98. The summed E-state index contributed by atoms with van der Waals surface area (Å²) in [5.74, 6) is 0.162. The molecule has 1 aromatic rings. The van der Waals surface area contributed by atoms with Crippen LogP contribution in [0.4, 0.5) is 0 Å². The smallest absolute Gasteiger partial charge is 0.254 e. The van der Waals surface area contributed by atoms with Gasteiger partial charge >= 0.3 is 0 Å². The van der Waals surface area contributed by atoms with E-state index in [0.29, 0.717) is 6.04 Å². The number of amides is 1. The van der Waals surface area contributed by atoms with Crippen LogP contribution >= 0.6 is 0 Å². The van der Waals surface area contributed by atoms with E-state index in [1.165, 1.54) is 18.4 Å². The van der Waals surface area contributed by atoms with Crippen molar-refractivity contribution in [2.75, 3.05) is 13.6 Å². The Morgan fingerprint density at radius 2 is 2.31 bits per heavy atom. The second-order valence-electron chi connectivity index (χ2n) is 4.73. The fraction of sp³-hybridized carbons (Fsp3) is 0.462. The maximum absolute atomic E-state index is 11.9. The van der Waals surface area contributed by atoms with Gasteiger partial charge in [-0.05, 0) is 36.6 Å². The van der Waals surface area contributed by atoms with Gasteiger partial charge in [0.25, 0.3) is 5.91 Å². The maximum Gasteiger partial charge on any atom is 0.254 e. The molecule has 0 spiro atoms. The number of rotatable bonds is 1. The minimum atomic E-state index is 0.162. The van der Waals surface area contributed by atoms with Crippen LogP contribution in [0.2, 0.25) is 0 Å². The number of benzene rings is 1. The second kappa shape index (κ2) is 3.59. The second-order valence-corrected chi connectivity index (χ2v) is 4.73. The van der Waals surface area contributed by atoms with Gasteiger partial charge in [-0.25, -0.2) is 0 Å². The summed E-state index contributed by atoms with van der Waals surface area (Å²) >= 11 is 0. The molecule has 84 valence electrons. The Bertz CT molecular complexity index is 436. The van der Waals surface area contributed by atoms with E-state index in [0.717, 1.165) is 24.2 Å². The van der Waals surface area contributed by atoms with Crippen molar-refractivity contribution >= 4 is 5.91 Å². The summed E-state index contributed by atoms with van der Waals surface area (Å²) in [7, 11) is 1.86. The highest BCUT2D eigenvalue weighted by atomic mass is 16.2. The Kier molecular flexibility index (Phi) is 2.21. The Morgan fingerprint density at radius 1 is 1.44 bits per heavy atom. The van der Waals surface area contributed by atoms with E-state index in [4.69, 9.17) is 0 Å². The van der Waals surface area contributed by atoms with Crippen LogP contribution in [0.15, 0.2) is 18.2 Å². The van der Waals surface area contributed by atoms with Gasteiger partial charge in [0, 0.05) is 25.2 Å². The molecule has 1 saturated heterocycles. The Labute approximate surface area is 95.4 Å². The van der Waals surface area contributed by atoms with Crippen LogP contribution in [-0.4, -0.2) is 24.4 Å². The third-order valence-electron chi connectivity index (χ3n) is 3.58. The molecular formula is C13H16N2O. The van der Waals surface area contributed by atoms with Crippen molar-refractivity contribution in [3.05, 3.63) is 34.9 Å². The topological polar surface area (TPSA) is 32.3 Å². The quantitative estimate of drug-likeness (QED) is 0.775. The van der Waals surface area contributed by atoms with Crippen molar-refractivity contribution < 1.29 is 4.79 Å². The highest BCUT2D eigenvalue weighted by Crippen LogP contribution is 2.28. The summed E-state index contributed by atoms with van der Waals surface area (Å²) < 4.78 is 0. The SMILES string of the molecule is CN1Cc2ccc(C3CCCN3)cc2C1=O. The minimum Gasteiger partial charge on any atom is -0.337 e. The summed E-state index contributed by atoms with van der Waals surface area (Å²) in [6.45, 7) is 1.85. The molecule has 1 amide bonds. The normalized spacial score (nSPS) is 23.9. The van der Waals surface area contributed by atoms with E-state index in [9.17, 15) is 4.79 Å². The molecule has 1 unspecified atom stereocenters. The third-order valence-corrected chi connectivity index (χ3v) is 3.58. The lowest BCUT2D eigenvalue weighted by molar-refractivity contribution is 0.0816. The molecule has 0 radical (unpaired) electrons. The first-order valence-electron chi connectivity index (χ1n) is 5.87. The standard InChI is InChI=1S/C13H16N2O/c1-15-8-10-5-4-9(7-11(10)13(15)16)12-3-2-6-14-12/h4-5,7,12,14H,2-3,6,8H2,1H3. The molecule has 16 heavy (non-hydrogen) atoms. The molecule has 0 aromatic heterocycles. The molecule has 3 heteroatoms. The highest BCUT2D eigenvalue weighted by Gasteiger charge is 2.26. The molecule has 0 saturated carbocycles. The molecule has 3 nitrogen and oxygen atoms in total. The van der Waals surface area contributed by atoms with Crippen LogP contribution in [-0.2, 0) is 6.54 Å². The number of nitrogens with zero attached hydrogens (tertiary/aromatic N) is 1. The van der Waals surface area contributed by atoms with Crippen LogP contribution < -0.4 is 5.32 Å². The zero-order valence-corrected chi connectivity index (χ0v) is 9.49. The van der Waals surface area contributed by atoms with Gasteiger partial charge in [0.1, 0.15) is 0 Å². The first-order valence-corrected chi connectivity index (χ1v) is 5.87. The predicted octanol–water partition coefficient (Wildman–Crippen LogP) is 1.70. The van der Waals surface area contributed by atoms with Gasteiger partial charge < -0.3 is 10.2 Å². The fourth-order valence-corrected chi connectivity index (χ4v) is 2.65. The van der Waals surface area contributed by atoms with Crippen molar-refractivity contribution in [2.24, 2.45) is 0 Å². The maximum atomic E-state index is 11.9. The third kappa shape index (κ3) is 1.43.